The van der Waals surface area contributed by atoms with Gasteiger partial charge in [-0.3, -0.25) is 4.79 Å². The summed E-state index contributed by atoms with van der Waals surface area (Å²) in [5, 5.41) is 10.1. The van der Waals surface area contributed by atoms with E-state index in [-0.39, 0.29) is 29.0 Å². The Balaban J connectivity index is 1.72. The van der Waals surface area contributed by atoms with E-state index in [4.69, 9.17) is 4.74 Å². The highest BCUT2D eigenvalue weighted by atomic mass is 16.5. The quantitative estimate of drug-likeness (QED) is 0.0388. The van der Waals surface area contributed by atoms with Crippen LogP contribution in [0, 0.1) is 16.7 Å². The molecule has 1 N–H and O–H groups in total. The van der Waals surface area contributed by atoms with Crippen molar-refractivity contribution in [3.8, 4) is 0 Å². The van der Waals surface area contributed by atoms with Gasteiger partial charge in [0.1, 0.15) is 6.10 Å². The van der Waals surface area contributed by atoms with Crippen molar-refractivity contribution in [1.29, 1.82) is 0 Å². The number of hydrogen-bond donors (Lipinski definition) is 1. The maximum Gasteiger partial charge on any atom is 0.306 e. The molecular formula is C58H90O3. The lowest BCUT2D eigenvalue weighted by Gasteiger charge is -2.38. The van der Waals surface area contributed by atoms with Crippen LogP contribution < -0.4 is 0 Å². The minimum Gasteiger partial charge on any atom is -0.462 e. The number of ether oxygens (including phenoxy) is 1. The molecule has 0 heterocycles. The normalized spacial score (nSPS) is 21.9. The molecule has 0 aliphatic heterocycles. The van der Waals surface area contributed by atoms with Crippen LogP contribution in [0.15, 0.2) is 130 Å². The summed E-state index contributed by atoms with van der Waals surface area (Å²) in [6.07, 6.45) is 54.8. The molecule has 0 radical (unpaired) electrons. The third kappa shape index (κ3) is 23.6. The molecule has 2 aliphatic carbocycles. The van der Waals surface area contributed by atoms with E-state index in [0.29, 0.717) is 12.3 Å². The molecule has 3 atom stereocenters. The van der Waals surface area contributed by atoms with Crippen LogP contribution in [0.3, 0.4) is 0 Å². The van der Waals surface area contributed by atoms with Gasteiger partial charge in [0.15, 0.2) is 0 Å². The van der Waals surface area contributed by atoms with Gasteiger partial charge in [-0.25, -0.2) is 0 Å². The van der Waals surface area contributed by atoms with Gasteiger partial charge in [0.05, 0.1) is 6.10 Å². The number of hydrogen-bond acceptors (Lipinski definition) is 3. The molecule has 0 fully saturated rings. The maximum atomic E-state index is 12.8. The zero-order valence-electron chi connectivity index (χ0n) is 41.1. The molecule has 0 spiro atoms. The number of esters is 1. The fraction of sp³-hybridized carbons (Fsp3) is 0.603. The van der Waals surface area contributed by atoms with E-state index < -0.39 is 0 Å². The number of carbonyl (C=O) groups excluding carboxylic acids is 1. The second-order valence-electron chi connectivity index (χ2n) is 19.9. The highest BCUT2D eigenvalue weighted by molar-refractivity contribution is 5.69. The monoisotopic (exact) mass is 835 g/mol. The molecule has 2 aliphatic rings. The van der Waals surface area contributed by atoms with Crippen molar-refractivity contribution >= 4 is 5.97 Å². The van der Waals surface area contributed by atoms with Gasteiger partial charge in [-0.15, -0.1) is 0 Å². The number of aliphatic hydroxyl groups excluding tert-OH is 1. The van der Waals surface area contributed by atoms with Gasteiger partial charge < -0.3 is 9.84 Å². The molecular weight excluding hydrogens is 745 g/mol. The number of aliphatic hydroxyl groups is 1. The van der Waals surface area contributed by atoms with Gasteiger partial charge in [-0.05, 0) is 77.2 Å². The van der Waals surface area contributed by atoms with Crippen molar-refractivity contribution < 1.29 is 14.6 Å². The van der Waals surface area contributed by atoms with E-state index in [1.807, 2.05) is 6.08 Å². The van der Waals surface area contributed by atoms with E-state index in [0.717, 1.165) is 32.1 Å². The molecule has 61 heavy (non-hydrogen) atoms. The third-order valence-corrected chi connectivity index (χ3v) is 12.6. The summed E-state index contributed by atoms with van der Waals surface area (Å²) in [4.78, 5) is 12.8. The molecule has 0 bridgehead atoms. The molecule has 0 saturated carbocycles. The molecule has 0 unspecified atom stereocenters. The first-order valence-corrected chi connectivity index (χ1v) is 24.4. The minimum absolute atomic E-state index is 0.0228. The fourth-order valence-corrected chi connectivity index (χ4v) is 9.08. The molecule has 0 aromatic rings. The zero-order valence-corrected chi connectivity index (χ0v) is 41.1. The van der Waals surface area contributed by atoms with E-state index in [1.165, 1.54) is 122 Å². The summed E-state index contributed by atoms with van der Waals surface area (Å²) < 4.78 is 6.02. The summed E-state index contributed by atoms with van der Waals surface area (Å²) in [5.41, 5.74) is 8.69. The van der Waals surface area contributed by atoms with Crippen molar-refractivity contribution in [2.75, 3.05) is 0 Å². The first-order chi connectivity index (χ1) is 29.0. The summed E-state index contributed by atoms with van der Waals surface area (Å²) >= 11 is 0. The average Bonchev–Trinajstić information content (AvgIpc) is 3.16. The third-order valence-electron chi connectivity index (χ3n) is 12.6. The summed E-state index contributed by atoms with van der Waals surface area (Å²) in [6.45, 7) is 24.2. The van der Waals surface area contributed by atoms with Gasteiger partial charge in [-0.1, -0.05) is 249 Å². The molecule has 340 valence electrons. The maximum absolute atomic E-state index is 12.8. The van der Waals surface area contributed by atoms with Crippen LogP contribution in [-0.2, 0) is 9.53 Å². The molecule has 0 saturated heterocycles. The van der Waals surface area contributed by atoms with E-state index in [9.17, 15) is 9.90 Å². The Bertz CT molecular complexity index is 1660. The lowest BCUT2D eigenvalue weighted by atomic mass is 9.67. The zero-order chi connectivity index (χ0) is 45.1. The van der Waals surface area contributed by atoms with Crippen molar-refractivity contribution in [3.05, 3.63) is 130 Å². The Kier molecular flexibility index (Phi) is 26.2. The second kappa shape index (κ2) is 29.8. The summed E-state index contributed by atoms with van der Waals surface area (Å²) in [5.74, 6) is 0.318. The predicted molar refractivity (Wildman–Crippen MR) is 268 cm³/mol. The topological polar surface area (TPSA) is 46.5 Å². The van der Waals surface area contributed by atoms with Crippen molar-refractivity contribution in [2.45, 2.75) is 210 Å². The van der Waals surface area contributed by atoms with Gasteiger partial charge in [0.2, 0.25) is 0 Å². The highest BCUT2D eigenvalue weighted by Crippen LogP contribution is 2.43. The Morgan fingerprint density at radius 1 is 0.656 bits per heavy atom. The van der Waals surface area contributed by atoms with Gasteiger partial charge in [0.25, 0.3) is 0 Å². The molecule has 0 aromatic heterocycles. The van der Waals surface area contributed by atoms with Crippen molar-refractivity contribution in [2.24, 2.45) is 16.7 Å². The Morgan fingerprint density at radius 3 is 1.61 bits per heavy atom. The van der Waals surface area contributed by atoms with Gasteiger partial charge in [-0.2, -0.15) is 0 Å². The summed E-state index contributed by atoms with van der Waals surface area (Å²) in [6, 6.07) is 0. The SMILES string of the molecule is CCCCCCCCCCCCCCCCCC(=O)O[C@@H]1CC(C)=C(/C=C/C(C)=C/C=C/C(C)=C/C=C/C=C(C)/C=C/C=C(C)/C=C/[C@H]2C(C)=C[C@H](O)CC2(C)C)C(C)(C)C1. The highest BCUT2D eigenvalue weighted by Gasteiger charge is 2.35. The van der Waals surface area contributed by atoms with E-state index >= 15 is 0 Å². The largest absolute Gasteiger partial charge is 0.462 e. The summed E-state index contributed by atoms with van der Waals surface area (Å²) in [7, 11) is 0. The van der Waals surface area contributed by atoms with Crippen LogP contribution >= 0.6 is 0 Å². The number of carbonyl (C=O) groups is 1. The molecule has 0 aromatic carbocycles. The Hall–Kier alpha value is -3.43. The molecule has 2 rings (SSSR count). The standard InChI is InChI=1S/C58H90O3/c1-12-13-14-15-16-17-18-19-20-21-22-23-24-25-26-37-56(60)61-53-43-51(7)55(58(10,11)45-53)41-39-49(5)36-30-34-47(3)32-28-27-31-46(2)33-29-35-48(4)38-40-54-50(6)42-52(59)44-57(54,8)9/h27-36,38-42,52-54,59H,12-26,37,43-45H2,1-11H3/b28-27+,33-29+,34-30+,40-38+,41-39+,46-31+,47-32+,48-35+,49-36+/t52-,53+,54-/m0/s1. The molecule has 0 amide bonds. The minimum atomic E-state index is -0.337. The van der Waals surface area contributed by atoms with Crippen LogP contribution in [-0.4, -0.2) is 23.3 Å². The van der Waals surface area contributed by atoms with E-state index in [2.05, 4.69) is 161 Å². The van der Waals surface area contributed by atoms with Crippen LogP contribution in [0.25, 0.3) is 0 Å². The van der Waals surface area contributed by atoms with Gasteiger partial charge in [0, 0.05) is 18.8 Å². The van der Waals surface area contributed by atoms with Crippen molar-refractivity contribution in [1.82, 2.24) is 0 Å². The van der Waals surface area contributed by atoms with E-state index in [1.54, 1.807) is 0 Å². The smallest absolute Gasteiger partial charge is 0.306 e. The van der Waals surface area contributed by atoms with Crippen LogP contribution in [0.5, 0.6) is 0 Å². The van der Waals surface area contributed by atoms with Crippen LogP contribution in [0.2, 0.25) is 0 Å². The Labute approximate surface area is 376 Å². The molecule has 3 heteroatoms. The lowest BCUT2D eigenvalue weighted by molar-refractivity contribution is -0.150. The number of allylic oxidation sites excluding steroid dienone is 20. The van der Waals surface area contributed by atoms with Crippen LogP contribution in [0.1, 0.15) is 198 Å². The second-order valence-corrected chi connectivity index (χ2v) is 19.9. The molecule has 3 nitrogen and oxygen atoms in total. The lowest BCUT2D eigenvalue weighted by Crippen LogP contribution is -2.32. The number of rotatable bonds is 27. The van der Waals surface area contributed by atoms with Crippen molar-refractivity contribution in [3.63, 3.8) is 0 Å². The first kappa shape index (κ1) is 53.7. The average molecular weight is 835 g/mol. The predicted octanol–water partition coefficient (Wildman–Crippen LogP) is 17.2. The van der Waals surface area contributed by atoms with Gasteiger partial charge >= 0.3 is 5.97 Å². The Morgan fingerprint density at radius 2 is 1.11 bits per heavy atom. The van der Waals surface area contributed by atoms with Crippen LogP contribution in [0.4, 0.5) is 0 Å². The number of unbranched alkanes of at least 4 members (excludes halogenated alkanes) is 14. The first-order valence-electron chi connectivity index (χ1n) is 24.4. The fourth-order valence-electron chi connectivity index (χ4n) is 9.08.